The number of hydrogen-bond acceptors (Lipinski definition) is 3. The Morgan fingerprint density at radius 3 is 2.96 bits per heavy atom. The third-order valence-corrected chi connectivity index (χ3v) is 4.59. The number of rotatable bonds is 5. The van der Waals surface area contributed by atoms with Crippen LogP contribution in [0.2, 0.25) is 5.02 Å². The minimum Gasteiger partial charge on any atom is -0.339 e. The standard InChI is InChI=1S/C18H21ClN4O2/c1-13(22-9-3-2-5-18(22)25)11-17(24)21-15-12-14(19)6-7-16(15)23-10-4-8-20-23/h4,6-8,10,12-13H,2-3,5,9,11H2,1H3,(H,21,24). The topological polar surface area (TPSA) is 67.2 Å². The van der Waals surface area contributed by atoms with Gasteiger partial charge in [-0.15, -0.1) is 0 Å². The van der Waals surface area contributed by atoms with E-state index in [1.54, 1.807) is 34.1 Å². The average molecular weight is 361 g/mol. The van der Waals surface area contributed by atoms with Crippen LogP contribution in [-0.4, -0.2) is 39.1 Å². The monoisotopic (exact) mass is 360 g/mol. The van der Waals surface area contributed by atoms with Gasteiger partial charge in [-0.05, 0) is 44.0 Å². The normalized spacial score (nSPS) is 15.9. The number of halogens is 1. The van der Waals surface area contributed by atoms with Crippen LogP contribution in [0.4, 0.5) is 5.69 Å². The number of carbonyl (C=O) groups excluding carboxylic acids is 2. The molecule has 1 aliphatic rings. The first kappa shape index (κ1) is 17.5. The zero-order valence-electron chi connectivity index (χ0n) is 14.1. The van der Waals surface area contributed by atoms with Crippen LogP contribution < -0.4 is 5.32 Å². The maximum absolute atomic E-state index is 12.5. The lowest BCUT2D eigenvalue weighted by molar-refractivity contribution is -0.136. The molecule has 1 fully saturated rings. The van der Waals surface area contributed by atoms with Crippen molar-refractivity contribution in [3.63, 3.8) is 0 Å². The molecule has 2 aromatic rings. The Morgan fingerprint density at radius 2 is 2.24 bits per heavy atom. The van der Waals surface area contributed by atoms with E-state index >= 15 is 0 Å². The molecular formula is C18H21ClN4O2. The second-order valence-corrected chi connectivity index (χ2v) is 6.69. The van der Waals surface area contributed by atoms with Crippen LogP contribution in [-0.2, 0) is 9.59 Å². The third-order valence-electron chi connectivity index (χ3n) is 4.36. The molecule has 1 aromatic carbocycles. The van der Waals surface area contributed by atoms with E-state index in [1.165, 1.54) is 0 Å². The minimum absolute atomic E-state index is 0.125. The van der Waals surface area contributed by atoms with E-state index in [-0.39, 0.29) is 24.3 Å². The summed E-state index contributed by atoms with van der Waals surface area (Å²) in [6, 6.07) is 6.95. The summed E-state index contributed by atoms with van der Waals surface area (Å²) in [6.07, 6.45) is 6.22. The van der Waals surface area contributed by atoms with Crippen molar-refractivity contribution >= 4 is 29.1 Å². The molecule has 132 valence electrons. The Labute approximate surface area is 151 Å². The first-order valence-electron chi connectivity index (χ1n) is 8.43. The molecule has 0 aliphatic carbocycles. The van der Waals surface area contributed by atoms with Crippen molar-refractivity contribution in [1.29, 1.82) is 0 Å². The second-order valence-electron chi connectivity index (χ2n) is 6.26. The highest BCUT2D eigenvalue weighted by atomic mass is 35.5. The van der Waals surface area contributed by atoms with Gasteiger partial charge in [0.15, 0.2) is 0 Å². The van der Waals surface area contributed by atoms with Gasteiger partial charge < -0.3 is 10.2 Å². The van der Waals surface area contributed by atoms with E-state index in [0.717, 1.165) is 25.1 Å². The van der Waals surface area contributed by atoms with Gasteiger partial charge in [-0.2, -0.15) is 5.10 Å². The summed E-state index contributed by atoms with van der Waals surface area (Å²) in [5.41, 5.74) is 1.34. The quantitative estimate of drug-likeness (QED) is 0.889. The summed E-state index contributed by atoms with van der Waals surface area (Å²) < 4.78 is 1.67. The molecule has 2 heterocycles. The van der Waals surface area contributed by atoms with E-state index in [1.807, 2.05) is 19.1 Å². The zero-order chi connectivity index (χ0) is 17.8. The number of piperidine rings is 1. The molecule has 1 aliphatic heterocycles. The van der Waals surface area contributed by atoms with E-state index < -0.39 is 0 Å². The molecule has 25 heavy (non-hydrogen) atoms. The average Bonchev–Trinajstić information content (AvgIpc) is 3.09. The molecule has 0 bridgehead atoms. The highest BCUT2D eigenvalue weighted by Gasteiger charge is 2.25. The van der Waals surface area contributed by atoms with Crippen LogP contribution in [0.15, 0.2) is 36.7 Å². The molecule has 1 saturated heterocycles. The molecule has 0 saturated carbocycles. The predicted molar refractivity (Wildman–Crippen MR) is 96.8 cm³/mol. The number of aromatic nitrogens is 2. The van der Waals surface area contributed by atoms with Crippen molar-refractivity contribution in [3.05, 3.63) is 41.7 Å². The molecule has 3 rings (SSSR count). The molecule has 6 nitrogen and oxygen atoms in total. The van der Waals surface area contributed by atoms with Crippen LogP contribution in [0.5, 0.6) is 0 Å². The third kappa shape index (κ3) is 4.20. The van der Waals surface area contributed by atoms with Gasteiger partial charge in [0.1, 0.15) is 0 Å². The van der Waals surface area contributed by atoms with Crippen LogP contribution in [0, 0.1) is 0 Å². The number of nitrogens with one attached hydrogen (secondary N) is 1. The Bertz CT molecular complexity index is 760. The summed E-state index contributed by atoms with van der Waals surface area (Å²) in [6.45, 7) is 2.64. The Kier molecular flexibility index (Phi) is 5.38. The first-order valence-corrected chi connectivity index (χ1v) is 8.81. The molecule has 1 aromatic heterocycles. The van der Waals surface area contributed by atoms with Crippen LogP contribution in [0.25, 0.3) is 5.69 Å². The van der Waals surface area contributed by atoms with Crippen LogP contribution >= 0.6 is 11.6 Å². The van der Waals surface area contributed by atoms with Crippen molar-refractivity contribution < 1.29 is 9.59 Å². The fourth-order valence-electron chi connectivity index (χ4n) is 3.09. The van der Waals surface area contributed by atoms with E-state index in [0.29, 0.717) is 17.1 Å². The maximum Gasteiger partial charge on any atom is 0.226 e. The van der Waals surface area contributed by atoms with Gasteiger partial charge in [-0.25, -0.2) is 4.68 Å². The van der Waals surface area contributed by atoms with E-state index in [2.05, 4.69) is 10.4 Å². The Balaban J connectivity index is 1.70. The predicted octanol–water partition coefficient (Wildman–Crippen LogP) is 3.26. The summed E-state index contributed by atoms with van der Waals surface area (Å²) in [4.78, 5) is 26.3. The minimum atomic E-state index is -0.151. The summed E-state index contributed by atoms with van der Waals surface area (Å²) in [7, 11) is 0. The SMILES string of the molecule is CC(CC(=O)Nc1cc(Cl)ccc1-n1cccn1)N1CCCCC1=O. The van der Waals surface area contributed by atoms with Gasteiger partial charge >= 0.3 is 0 Å². The summed E-state index contributed by atoms with van der Waals surface area (Å²) >= 11 is 6.07. The smallest absolute Gasteiger partial charge is 0.226 e. The number of hydrogen-bond donors (Lipinski definition) is 1. The highest BCUT2D eigenvalue weighted by Crippen LogP contribution is 2.25. The van der Waals surface area contributed by atoms with Crippen molar-refractivity contribution in [2.75, 3.05) is 11.9 Å². The van der Waals surface area contributed by atoms with Gasteiger partial charge in [0.25, 0.3) is 0 Å². The van der Waals surface area contributed by atoms with Gasteiger partial charge in [0, 0.05) is 42.8 Å². The number of benzene rings is 1. The molecular weight excluding hydrogens is 340 g/mol. The fraction of sp³-hybridized carbons (Fsp3) is 0.389. The Morgan fingerprint density at radius 1 is 1.40 bits per heavy atom. The Hall–Kier alpha value is -2.34. The number of carbonyl (C=O) groups is 2. The number of anilines is 1. The second kappa shape index (κ2) is 7.70. The highest BCUT2D eigenvalue weighted by molar-refractivity contribution is 6.31. The van der Waals surface area contributed by atoms with Crippen molar-refractivity contribution in [2.24, 2.45) is 0 Å². The van der Waals surface area contributed by atoms with Crippen LogP contribution in [0.1, 0.15) is 32.6 Å². The summed E-state index contributed by atoms with van der Waals surface area (Å²) in [5, 5.41) is 7.63. The van der Waals surface area contributed by atoms with E-state index in [4.69, 9.17) is 11.6 Å². The van der Waals surface area contributed by atoms with Crippen molar-refractivity contribution in [1.82, 2.24) is 14.7 Å². The van der Waals surface area contributed by atoms with Gasteiger partial charge in [0.05, 0.1) is 11.4 Å². The fourth-order valence-corrected chi connectivity index (χ4v) is 3.26. The molecule has 1 unspecified atom stereocenters. The number of amides is 2. The number of nitrogens with zero attached hydrogens (tertiary/aromatic N) is 3. The first-order chi connectivity index (χ1) is 12.0. The van der Waals surface area contributed by atoms with Crippen molar-refractivity contribution in [2.45, 2.75) is 38.6 Å². The molecule has 1 N–H and O–H groups in total. The molecule has 0 radical (unpaired) electrons. The lowest BCUT2D eigenvalue weighted by Gasteiger charge is -2.32. The maximum atomic E-state index is 12.5. The van der Waals surface area contributed by atoms with E-state index in [9.17, 15) is 9.59 Å². The van der Waals surface area contributed by atoms with Gasteiger partial charge in [-0.3, -0.25) is 9.59 Å². The van der Waals surface area contributed by atoms with Gasteiger partial charge in [-0.1, -0.05) is 11.6 Å². The molecule has 2 amide bonds. The molecule has 0 spiro atoms. The summed E-state index contributed by atoms with van der Waals surface area (Å²) in [5.74, 6) is -0.0203. The largest absolute Gasteiger partial charge is 0.339 e. The molecule has 1 atom stereocenters. The lowest BCUT2D eigenvalue weighted by Crippen LogP contribution is -2.43. The van der Waals surface area contributed by atoms with Crippen LogP contribution in [0.3, 0.4) is 0 Å². The lowest BCUT2D eigenvalue weighted by atomic mass is 10.1. The zero-order valence-corrected chi connectivity index (χ0v) is 14.9. The van der Waals surface area contributed by atoms with Crippen molar-refractivity contribution in [3.8, 4) is 5.69 Å². The molecule has 7 heteroatoms. The van der Waals surface area contributed by atoms with Gasteiger partial charge in [0.2, 0.25) is 11.8 Å². The number of likely N-dealkylation sites (tertiary alicyclic amines) is 1.